The van der Waals surface area contributed by atoms with Gasteiger partial charge in [0.1, 0.15) is 6.54 Å². The molecule has 7 heteroatoms. The van der Waals surface area contributed by atoms with Crippen molar-refractivity contribution < 1.29 is 13.2 Å². The van der Waals surface area contributed by atoms with Crippen molar-refractivity contribution in [3.05, 3.63) is 59.6 Å². The summed E-state index contributed by atoms with van der Waals surface area (Å²) in [5, 5.41) is 3.85. The number of hydrogen-bond donors (Lipinski definition) is 1. The molecule has 0 aliphatic heterocycles. The standard InChI is InChI=1S/C26H31ClN2O3S/c1-24-12-19-13-25(2,16-24)18-26(14-19,17-24)28-23(30)15-29(21-10-8-20(27)9-11-21)33(31,32)22-6-4-3-5-7-22/h3-11,19H,12-18H2,1-2H3,(H,28,30). The molecule has 0 spiro atoms. The Kier molecular flexibility index (Phi) is 5.33. The molecule has 5 nitrogen and oxygen atoms in total. The molecule has 2 aromatic carbocycles. The molecule has 1 amide bonds. The van der Waals surface area contributed by atoms with E-state index in [0.29, 0.717) is 16.6 Å². The fraction of sp³-hybridized carbons (Fsp3) is 0.500. The Bertz CT molecular complexity index is 1150. The zero-order valence-electron chi connectivity index (χ0n) is 19.2. The first-order valence-electron chi connectivity index (χ1n) is 11.6. The zero-order valence-corrected chi connectivity index (χ0v) is 20.8. The van der Waals surface area contributed by atoms with Crippen LogP contribution in [0.3, 0.4) is 0 Å². The lowest BCUT2D eigenvalue weighted by Crippen LogP contribution is -2.65. The van der Waals surface area contributed by atoms with E-state index in [4.69, 9.17) is 11.6 Å². The van der Waals surface area contributed by atoms with Gasteiger partial charge >= 0.3 is 0 Å². The van der Waals surface area contributed by atoms with Crippen molar-refractivity contribution in [3.8, 4) is 0 Å². The van der Waals surface area contributed by atoms with E-state index in [9.17, 15) is 13.2 Å². The maximum Gasteiger partial charge on any atom is 0.264 e. The van der Waals surface area contributed by atoms with E-state index in [1.165, 1.54) is 23.6 Å². The highest BCUT2D eigenvalue weighted by Gasteiger charge is 2.60. The first-order chi connectivity index (χ1) is 15.5. The van der Waals surface area contributed by atoms with Crippen LogP contribution in [0.5, 0.6) is 0 Å². The zero-order chi connectivity index (χ0) is 23.5. The molecule has 1 N–H and O–H groups in total. The number of carbonyl (C=O) groups excluding carboxylic acids is 1. The first kappa shape index (κ1) is 22.7. The van der Waals surface area contributed by atoms with Gasteiger partial charge in [-0.1, -0.05) is 43.6 Å². The summed E-state index contributed by atoms with van der Waals surface area (Å²) >= 11 is 6.04. The van der Waals surface area contributed by atoms with Crippen LogP contribution in [0.25, 0.3) is 0 Å². The molecular formula is C26H31ClN2O3S. The Morgan fingerprint density at radius 2 is 1.58 bits per heavy atom. The summed E-state index contributed by atoms with van der Waals surface area (Å²) in [5.41, 5.74) is 0.700. The molecule has 2 aromatic rings. The molecule has 2 atom stereocenters. The van der Waals surface area contributed by atoms with E-state index in [1.807, 2.05) is 0 Å². The SMILES string of the molecule is CC12CC3CC(C)(C1)CC(NC(=O)CN(c1ccc(Cl)cc1)S(=O)(=O)c1ccccc1)(C3)C2. The Balaban J connectivity index is 1.43. The number of rotatable bonds is 6. The number of anilines is 1. The van der Waals surface area contributed by atoms with Crippen LogP contribution < -0.4 is 9.62 Å². The minimum absolute atomic E-state index is 0.155. The summed E-state index contributed by atoms with van der Waals surface area (Å²) in [6.07, 6.45) is 6.64. The van der Waals surface area contributed by atoms with Crippen LogP contribution >= 0.6 is 11.6 Å². The van der Waals surface area contributed by atoms with Crippen LogP contribution in [0.4, 0.5) is 5.69 Å². The van der Waals surface area contributed by atoms with Gasteiger partial charge in [-0.3, -0.25) is 9.10 Å². The van der Waals surface area contributed by atoms with Gasteiger partial charge in [-0.15, -0.1) is 0 Å². The number of nitrogens with zero attached hydrogens (tertiary/aromatic N) is 1. The van der Waals surface area contributed by atoms with E-state index >= 15 is 0 Å². The topological polar surface area (TPSA) is 66.5 Å². The Labute approximate surface area is 201 Å². The molecule has 4 aliphatic carbocycles. The lowest BCUT2D eigenvalue weighted by Gasteiger charge is -2.65. The van der Waals surface area contributed by atoms with Crippen molar-refractivity contribution in [1.82, 2.24) is 5.32 Å². The number of carbonyl (C=O) groups is 1. The van der Waals surface area contributed by atoms with Gasteiger partial charge in [0.25, 0.3) is 10.0 Å². The van der Waals surface area contributed by atoms with Gasteiger partial charge in [0.15, 0.2) is 0 Å². The largest absolute Gasteiger partial charge is 0.349 e. The molecule has 0 aromatic heterocycles. The summed E-state index contributed by atoms with van der Waals surface area (Å²) in [7, 11) is -3.92. The monoisotopic (exact) mass is 486 g/mol. The lowest BCUT2D eigenvalue weighted by molar-refractivity contribution is -0.138. The fourth-order valence-electron chi connectivity index (χ4n) is 7.69. The number of sulfonamides is 1. The molecule has 176 valence electrons. The summed E-state index contributed by atoms with van der Waals surface area (Å²) < 4.78 is 28.3. The maximum absolute atomic E-state index is 13.5. The molecule has 4 fully saturated rings. The number of amides is 1. The van der Waals surface area contributed by atoms with E-state index in [1.54, 1.807) is 54.6 Å². The number of nitrogens with one attached hydrogen (secondary N) is 1. The second kappa shape index (κ2) is 7.74. The highest BCUT2D eigenvalue weighted by atomic mass is 35.5. The van der Waals surface area contributed by atoms with Crippen molar-refractivity contribution in [2.24, 2.45) is 16.7 Å². The third-order valence-electron chi connectivity index (χ3n) is 7.76. The van der Waals surface area contributed by atoms with Gasteiger partial charge in [-0.2, -0.15) is 0 Å². The van der Waals surface area contributed by atoms with Crippen molar-refractivity contribution in [2.75, 3.05) is 10.8 Å². The predicted octanol–water partition coefficient (Wildman–Crippen LogP) is 5.40. The maximum atomic E-state index is 13.5. The summed E-state index contributed by atoms with van der Waals surface area (Å²) in [5.74, 6) is 0.385. The molecule has 2 unspecified atom stereocenters. The highest BCUT2D eigenvalue weighted by Crippen LogP contribution is 2.66. The van der Waals surface area contributed by atoms with Gasteiger partial charge in [0.2, 0.25) is 5.91 Å². The second-order valence-corrected chi connectivity index (χ2v) is 13.6. The first-order valence-corrected chi connectivity index (χ1v) is 13.5. The van der Waals surface area contributed by atoms with Gasteiger partial charge in [-0.25, -0.2) is 8.42 Å². The molecule has 4 saturated carbocycles. The average molecular weight is 487 g/mol. The Hall–Kier alpha value is -2.05. The second-order valence-electron chi connectivity index (χ2n) is 11.3. The molecule has 4 aliphatic rings. The molecule has 6 rings (SSSR count). The Morgan fingerprint density at radius 3 is 2.15 bits per heavy atom. The van der Waals surface area contributed by atoms with Gasteiger partial charge in [0.05, 0.1) is 10.6 Å². The fourth-order valence-corrected chi connectivity index (χ4v) is 9.26. The van der Waals surface area contributed by atoms with Crippen LogP contribution in [-0.2, 0) is 14.8 Å². The molecule has 33 heavy (non-hydrogen) atoms. The normalized spacial score (nSPS) is 32.5. The van der Waals surface area contributed by atoms with Crippen LogP contribution in [-0.4, -0.2) is 26.4 Å². The molecule has 0 heterocycles. The van der Waals surface area contributed by atoms with Crippen LogP contribution in [0.2, 0.25) is 5.02 Å². The number of hydrogen-bond acceptors (Lipinski definition) is 3. The van der Waals surface area contributed by atoms with Gasteiger partial charge in [0, 0.05) is 10.6 Å². The molecule has 4 bridgehead atoms. The van der Waals surface area contributed by atoms with E-state index < -0.39 is 10.0 Å². The van der Waals surface area contributed by atoms with Crippen LogP contribution in [0.1, 0.15) is 52.4 Å². The van der Waals surface area contributed by atoms with E-state index in [-0.39, 0.29) is 33.7 Å². The third kappa shape index (κ3) is 4.28. The van der Waals surface area contributed by atoms with E-state index in [0.717, 1.165) is 19.3 Å². The van der Waals surface area contributed by atoms with Gasteiger partial charge < -0.3 is 5.32 Å². The van der Waals surface area contributed by atoms with Crippen molar-refractivity contribution in [3.63, 3.8) is 0 Å². The molecule has 0 saturated heterocycles. The van der Waals surface area contributed by atoms with E-state index in [2.05, 4.69) is 19.2 Å². The molecular weight excluding hydrogens is 456 g/mol. The predicted molar refractivity (Wildman–Crippen MR) is 131 cm³/mol. The lowest BCUT2D eigenvalue weighted by atomic mass is 9.43. The Morgan fingerprint density at radius 1 is 0.970 bits per heavy atom. The minimum Gasteiger partial charge on any atom is -0.349 e. The van der Waals surface area contributed by atoms with Crippen molar-refractivity contribution in [2.45, 2.75) is 62.8 Å². The number of halogens is 1. The summed E-state index contributed by atoms with van der Waals surface area (Å²) in [4.78, 5) is 13.6. The van der Waals surface area contributed by atoms with Crippen molar-refractivity contribution >= 4 is 33.2 Å². The number of benzene rings is 2. The molecule has 0 radical (unpaired) electrons. The van der Waals surface area contributed by atoms with Crippen LogP contribution in [0.15, 0.2) is 59.5 Å². The van der Waals surface area contributed by atoms with Crippen LogP contribution in [0, 0.1) is 16.7 Å². The highest BCUT2D eigenvalue weighted by molar-refractivity contribution is 7.92. The smallest absolute Gasteiger partial charge is 0.264 e. The minimum atomic E-state index is -3.92. The summed E-state index contributed by atoms with van der Waals surface area (Å²) in [6.45, 7) is 4.45. The quantitative estimate of drug-likeness (QED) is 0.594. The van der Waals surface area contributed by atoms with Gasteiger partial charge in [-0.05, 0) is 91.7 Å². The third-order valence-corrected chi connectivity index (χ3v) is 9.80. The average Bonchev–Trinajstić information content (AvgIpc) is 2.70. The summed E-state index contributed by atoms with van der Waals surface area (Å²) in [6, 6.07) is 14.8. The van der Waals surface area contributed by atoms with Crippen molar-refractivity contribution in [1.29, 1.82) is 0 Å².